The van der Waals surface area contributed by atoms with Crippen molar-refractivity contribution in [3.63, 3.8) is 0 Å². The molecule has 0 radical (unpaired) electrons. The van der Waals surface area contributed by atoms with Gasteiger partial charge in [-0.3, -0.25) is 9.48 Å². The summed E-state index contributed by atoms with van der Waals surface area (Å²) in [4.78, 5) is 17.0. The standard InChI is InChI=1S/C18H21N5O/c1-13(16-11-20-22(3)12-16)21-18(24)14(2)23-10-9-19-17(23)15-7-5-4-6-8-15/h4-14H,1-3H3,(H,21,24)/t13-,14+/m1/s1. The summed E-state index contributed by atoms with van der Waals surface area (Å²) in [5.41, 5.74) is 1.97. The molecule has 0 unspecified atom stereocenters. The van der Waals surface area contributed by atoms with Crippen LogP contribution in [0, 0.1) is 0 Å². The Morgan fingerprint density at radius 1 is 1.21 bits per heavy atom. The highest BCUT2D eigenvalue weighted by Gasteiger charge is 2.20. The minimum atomic E-state index is -0.359. The first-order chi connectivity index (χ1) is 11.6. The van der Waals surface area contributed by atoms with Gasteiger partial charge in [0, 0.05) is 36.8 Å². The molecule has 1 aromatic carbocycles. The van der Waals surface area contributed by atoms with Crippen LogP contribution in [0.15, 0.2) is 55.1 Å². The molecule has 24 heavy (non-hydrogen) atoms. The summed E-state index contributed by atoms with van der Waals surface area (Å²) >= 11 is 0. The van der Waals surface area contributed by atoms with E-state index in [2.05, 4.69) is 15.4 Å². The van der Waals surface area contributed by atoms with Crippen molar-refractivity contribution in [3.8, 4) is 11.4 Å². The first kappa shape index (κ1) is 16.0. The maximum Gasteiger partial charge on any atom is 0.243 e. The minimum absolute atomic E-state index is 0.0541. The summed E-state index contributed by atoms with van der Waals surface area (Å²) in [5, 5.41) is 7.18. The van der Waals surface area contributed by atoms with Gasteiger partial charge in [0.2, 0.25) is 5.91 Å². The van der Waals surface area contributed by atoms with E-state index in [4.69, 9.17) is 0 Å². The molecule has 0 aliphatic rings. The van der Waals surface area contributed by atoms with Gasteiger partial charge < -0.3 is 9.88 Å². The van der Waals surface area contributed by atoms with Gasteiger partial charge in [-0.1, -0.05) is 30.3 Å². The summed E-state index contributed by atoms with van der Waals surface area (Å²) < 4.78 is 3.62. The van der Waals surface area contributed by atoms with E-state index in [-0.39, 0.29) is 18.0 Å². The fourth-order valence-corrected chi connectivity index (χ4v) is 2.64. The smallest absolute Gasteiger partial charge is 0.243 e. The third-order valence-corrected chi connectivity index (χ3v) is 4.08. The van der Waals surface area contributed by atoms with Crippen molar-refractivity contribution in [1.29, 1.82) is 0 Å². The van der Waals surface area contributed by atoms with Gasteiger partial charge in [-0.05, 0) is 13.8 Å². The highest BCUT2D eigenvalue weighted by atomic mass is 16.2. The maximum atomic E-state index is 12.6. The van der Waals surface area contributed by atoms with E-state index in [1.807, 2.05) is 68.2 Å². The first-order valence-corrected chi connectivity index (χ1v) is 7.93. The topological polar surface area (TPSA) is 64.7 Å². The Bertz CT molecular complexity index is 821. The van der Waals surface area contributed by atoms with Crippen LogP contribution in [0.3, 0.4) is 0 Å². The second-order valence-corrected chi connectivity index (χ2v) is 5.88. The number of carbonyl (C=O) groups is 1. The number of amides is 1. The van der Waals surface area contributed by atoms with E-state index in [1.165, 1.54) is 0 Å². The second-order valence-electron chi connectivity index (χ2n) is 5.88. The lowest BCUT2D eigenvalue weighted by atomic mass is 10.1. The molecule has 0 fully saturated rings. The molecule has 0 aliphatic carbocycles. The molecule has 3 rings (SSSR count). The van der Waals surface area contributed by atoms with Gasteiger partial charge in [0.25, 0.3) is 0 Å². The molecule has 0 saturated heterocycles. The van der Waals surface area contributed by atoms with Crippen molar-refractivity contribution in [3.05, 3.63) is 60.7 Å². The van der Waals surface area contributed by atoms with E-state index >= 15 is 0 Å². The largest absolute Gasteiger partial charge is 0.348 e. The maximum absolute atomic E-state index is 12.6. The van der Waals surface area contributed by atoms with Crippen molar-refractivity contribution in [2.24, 2.45) is 7.05 Å². The molecule has 3 aromatic rings. The zero-order valence-electron chi connectivity index (χ0n) is 14.0. The van der Waals surface area contributed by atoms with Crippen LogP contribution in [0.1, 0.15) is 31.5 Å². The molecule has 0 spiro atoms. The predicted octanol–water partition coefficient (Wildman–Crippen LogP) is 2.72. The van der Waals surface area contributed by atoms with Crippen molar-refractivity contribution in [1.82, 2.24) is 24.6 Å². The number of imidazole rings is 1. The number of aryl methyl sites for hydroxylation is 1. The number of benzene rings is 1. The zero-order valence-corrected chi connectivity index (χ0v) is 14.0. The summed E-state index contributed by atoms with van der Waals surface area (Å²) in [6.07, 6.45) is 7.22. The first-order valence-electron chi connectivity index (χ1n) is 7.93. The zero-order chi connectivity index (χ0) is 17.1. The molecule has 1 amide bonds. The molecule has 2 heterocycles. The van der Waals surface area contributed by atoms with Crippen molar-refractivity contribution in [2.75, 3.05) is 0 Å². The number of aromatic nitrogens is 4. The number of hydrogen-bond donors (Lipinski definition) is 1. The second kappa shape index (κ2) is 6.70. The van der Waals surface area contributed by atoms with Crippen LogP contribution in [0.4, 0.5) is 0 Å². The monoisotopic (exact) mass is 323 g/mol. The number of nitrogens with one attached hydrogen (secondary N) is 1. The molecule has 1 N–H and O–H groups in total. The normalized spacial score (nSPS) is 13.5. The molecule has 6 heteroatoms. The van der Waals surface area contributed by atoms with Gasteiger partial charge in [-0.2, -0.15) is 5.10 Å². The summed E-state index contributed by atoms with van der Waals surface area (Å²) in [6, 6.07) is 9.40. The molecular weight excluding hydrogens is 302 g/mol. The number of rotatable bonds is 5. The quantitative estimate of drug-likeness (QED) is 0.785. The molecule has 0 bridgehead atoms. The molecule has 2 atom stereocenters. The average molecular weight is 323 g/mol. The Balaban J connectivity index is 1.76. The van der Waals surface area contributed by atoms with Crippen molar-refractivity contribution in [2.45, 2.75) is 25.9 Å². The minimum Gasteiger partial charge on any atom is -0.348 e. The van der Waals surface area contributed by atoms with Gasteiger partial charge in [-0.25, -0.2) is 4.98 Å². The van der Waals surface area contributed by atoms with Crippen molar-refractivity contribution < 1.29 is 4.79 Å². The molecule has 0 aliphatic heterocycles. The summed E-state index contributed by atoms with van der Waals surface area (Å²) in [7, 11) is 1.86. The fourth-order valence-electron chi connectivity index (χ4n) is 2.64. The SMILES string of the molecule is C[C@@H](NC(=O)[C@H](C)n1ccnc1-c1ccccc1)c1cnn(C)c1. The van der Waals surface area contributed by atoms with E-state index < -0.39 is 0 Å². The molecule has 2 aromatic heterocycles. The van der Waals surface area contributed by atoms with Crippen LogP contribution in [0.25, 0.3) is 11.4 Å². The summed E-state index contributed by atoms with van der Waals surface area (Å²) in [5.74, 6) is 0.730. The van der Waals surface area contributed by atoms with Gasteiger partial charge in [-0.15, -0.1) is 0 Å². The van der Waals surface area contributed by atoms with E-state index in [0.29, 0.717) is 0 Å². The van der Waals surface area contributed by atoms with Crippen LogP contribution in [0.5, 0.6) is 0 Å². The lowest BCUT2D eigenvalue weighted by molar-refractivity contribution is -0.124. The van der Waals surface area contributed by atoms with E-state index in [9.17, 15) is 4.79 Å². The Hall–Kier alpha value is -2.89. The highest BCUT2D eigenvalue weighted by Crippen LogP contribution is 2.21. The van der Waals surface area contributed by atoms with E-state index in [0.717, 1.165) is 17.0 Å². The Morgan fingerprint density at radius 2 is 1.96 bits per heavy atom. The lowest BCUT2D eigenvalue weighted by Crippen LogP contribution is -2.33. The number of carbonyl (C=O) groups excluding carboxylic acids is 1. The molecular formula is C18H21N5O. The van der Waals surface area contributed by atoms with Gasteiger partial charge in [0.05, 0.1) is 12.2 Å². The van der Waals surface area contributed by atoms with Crippen LogP contribution < -0.4 is 5.32 Å². The van der Waals surface area contributed by atoms with Gasteiger partial charge in [0.15, 0.2) is 0 Å². The highest BCUT2D eigenvalue weighted by molar-refractivity contribution is 5.81. The lowest BCUT2D eigenvalue weighted by Gasteiger charge is -2.19. The number of nitrogens with zero attached hydrogens (tertiary/aromatic N) is 4. The van der Waals surface area contributed by atoms with Gasteiger partial charge >= 0.3 is 0 Å². The van der Waals surface area contributed by atoms with Gasteiger partial charge in [0.1, 0.15) is 11.9 Å². The van der Waals surface area contributed by atoms with Crippen LogP contribution in [-0.4, -0.2) is 25.2 Å². The fraction of sp³-hybridized carbons (Fsp3) is 0.278. The Morgan fingerprint density at radius 3 is 2.62 bits per heavy atom. The van der Waals surface area contributed by atoms with Crippen molar-refractivity contribution >= 4 is 5.91 Å². The number of hydrogen-bond acceptors (Lipinski definition) is 3. The Labute approximate surface area is 141 Å². The third kappa shape index (κ3) is 3.22. The molecule has 6 nitrogen and oxygen atoms in total. The third-order valence-electron chi connectivity index (χ3n) is 4.08. The summed E-state index contributed by atoms with van der Waals surface area (Å²) in [6.45, 7) is 3.83. The van der Waals surface area contributed by atoms with Crippen LogP contribution in [-0.2, 0) is 11.8 Å². The predicted molar refractivity (Wildman–Crippen MR) is 92.1 cm³/mol. The average Bonchev–Trinajstić information content (AvgIpc) is 3.23. The van der Waals surface area contributed by atoms with Crippen LogP contribution >= 0.6 is 0 Å². The van der Waals surface area contributed by atoms with Crippen LogP contribution in [0.2, 0.25) is 0 Å². The molecule has 124 valence electrons. The van der Waals surface area contributed by atoms with E-state index in [1.54, 1.807) is 17.1 Å². The Kier molecular flexibility index (Phi) is 4.46. The molecule has 0 saturated carbocycles.